The predicted molar refractivity (Wildman–Crippen MR) is 58.6 cm³/mol. The van der Waals surface area contributed by atoms with Crippen LogP contribution in [0.1, 0.15) is 5.69 Å². The van der Waals surface area contributed by atoms with Crippen molar-refractivity contribution in [1.82, 2.24) is 10.3 Å². The van der Waals surface area contributed by atoms with E-state index in [2.05, 4.69) is 14.9 Å². The molecule has 6 heteroatoms. The van der Waals surface area contributed by atoms with Crippen LogP contribution in [0.2, 0.25) is 0 Å². The molecule has 1 aromatic carbocycles. The van der Waals surface area contributed by atoms with Crippen LogP contribution in [0.5, 0.6) is 0 Å². The smallest absolute Gasteiger partial charge is 0.246 e. The number of carbonyl (C=O) groups is 1. The van der Waals surface area contributed by atoms with Gasteiger partial charge in [0.25, 0.3) is 0 Å². The molecule has 1 amide bonds. The average molecular weight is 233 g/mol. The Morgan fingerprint density at radius 1 is 1.35 bits per heavy atom. The number of aromatic nitrogens is 2. The number of amides is 1. The van der Waals surface area contributed by atoms with Gasteiger partial charge in [0, 0.05) is 12.0 Å². The summed E-state index contributed by atoms with van der Waals surface area (Å²) in [5.74, 6) is -0.799. The zero-order valence-electron chi connectivity index (χ0n) is 8.91. The van der Waals surface area contributed by atoms with Crippen LogP contribution in [0.4, 0.5) is 0 Å². The fourth-order valence-electron chi connectivity index (χ4n) is 1.44. The third-order valence-corrected chi connectivity index (χ3v) is 2.32. The molecule has 2 aromatic rings. The Morgan fingerprint density at radius 3 is 2.71 bits per heavy atom. The summed E-state index contributed by atoms with van der Waals surface area (Å²) in [4.78, 5) is 10.8. The first-order valence-electron chi connectivity index (χ1n) is 5.02. The van der Waals surface area contributed by atoms with Gasteiger partial charge in [0.05, 0.1) is 0 Å². The van der Waals surface area contributed by atoms with Crippen molar-refractivity contribution in [3.05, 3.63) is 36.0 Å². The first kappa shape index (κ1) is 11.3. The van der Waals surface area contributed by atoms with Gasteiger partial charge in [-0.25, -0.2) is 4.63 Å². The van der Waals surface area contributed by atoms with Gasteiger partial charge in [-0.3, -0.25) is 4.79 Å². The second kappa shape index (κ2) is 4.75. The maximum absolute atomic E-state index is 10.8. The van der Waals surface area contributed by atoms with E-state index in [9.17, 15) is 9.90 Å². The largest absolute Gasteiger partial charge is 0.383 e. The normalized spacial score (nSPS) is 12.3. The maximum Gasteiger partial charge on any atom is 0.246 e. The van der Waals surface area contributed by atoms with E-state index in [1.165, 1.54) is 0 Å². The molecule has 17 heavy (non-hydrogen) atoms. The Hall–Kier alpha value is -2.21. The second-order valence-corrected chi connectivity index (χ2v) is 3.55. The maximum atomic E-state index is 10.8. The first-order valence-corrected chi connectivity index (χ1v) is 5.02. The molecular formula is C11H11N3O3. The Labute approximate surface area is 97.0 Å². The van der Waals surface area contributed by atoms with Crippen LogP contribution in [0.3, 0.4) is 0 Å². The van der Waals surface area contributed by atoms with Crippen LogP contribution in [-0.2, 0) is 11.2 Å². The van der Waals surface area contributed by atoms with Gasteiger partial charge in [-0.15, -0.1) is 0 Å². The summed E-state index contributed by atoms with van der Waals surface area (Å²) >= 11 is 0. The van der Waals surface area contributed by atoms with Crippen LogP contribution in [-0.4, -0.2) is 27.4 Å². The minimum absolute atomic E-state index is 0.0109. The summed E-state index contributed by atoms with van der Waals surface area (Å²) in [6.45, 7) is 0. The number of primary amides is 1. The van der Waals surface area contributed by atoms with Crippen molar-refractivity contribution in [3.8, 4) is 11.3 Å². The summed E-state index contributed by atoms with van der Waals surface area (Å²) in [5.41, 5.74) is 6.69. The number of benzene rings is 1. The highest BCUT2D eigenvalue weighted by atomic mass is 16.6. The Bertz CT molecular complexity index is 510. The molecule has 1 unspecified atom stereocenters. The molecule has 0 bridgehead atoms. The molecule has 2 rings (SSSR count). The van der Waals surface area contributed by atoms with E-state index in [4.69, 9.17) is 5.73 Å². The molecule has 88 valence electrons. The molecule has 0 aliphatic carbocycles. The minimum atomic E-state index is -1.29. The van der Waals surface area contributed by atoms with Gasteiger partial charge in [0.1, 0.15) is 17.5 Å². The van der Waals surface area contributed by atoms with Gasteiger partial charge >= 0.3 is 0 Å². The number of aliphatic hydroxyl groups excluding tert-OH is 1. The molecule has 0 saturated carbocycles. The lowest BCUT2D eigenvalue weighted by Gasteiger charge is -2.03. The topological polar surface area (TPSA) is 102 Å². The lowest BCUT2D eigenvalue weighted by Crippen LogP contribution is -2.30. The molecule has 1 heterocycles. The van der Waals surface area contributed by atoms with E-state index in [-0.39, 0.29) is 6.42 Å². The van der Waals surface area contributed by atoms with Crippen molar-refractivity contribution < 1.29 is 14.5 Å². The van der Waals surface area contributed by atoms with Crippen LogP contribution in [0, 0.1) is 0 Å². The zero-order valence-corrected chi connectivity index (χ0v) is 8.91. The third-order valence-electron chi connectivity index (χ3n) is 2.32. The number of aliphatic hydroxyl groups is 1. The van der Waals surface area contributed by atoms with Crippen LogP contribution in [0.25, 0.3) is 11.3 Å². The van der Waals surface area contributed by atoms with Gasteiger partial charge in [-0.1, -0.05) is 35.5 Å². The summed E-state index contributed by atoms with van der Waals surface area (Å²) in [6, 6.07) is 9.23. The fourth-order valence-corrected chi connectivity index (χ4v) is 1.44. The highest BCUT2D eigenvalue weighted by molar-refractivity contribution is 5.79. The van der Waals surface area contributed by atoms with Crippen molar-refractivity contribution in [3.63, 3.8) is 0 Å². The van der Waals surface area contributed by atoms with Crippen LogP contribution in [0.15, 0.2) is 35.0 Å². The van der Waals surface area contributed by atoms with E-state index >= 15 is 0 Å². The zero-order chi connectivity index (χ0) is 12.3. The molecule has 0 fully saturated rings. The number of hydrogen-bond donors (Lipinski definition) is 2. The van der Waals surface area contributed by atoms with E-state index in [1.807, 2.05) is 30.3 Å². The van der Waals surface area contributed by atoms with Crippen LogP contribution >= 0.6 is 0 Å². The Morgan fingerprint density at radius 2 is 2.06 bits per heavy atom. The fraction of sp³-hybridized carbons (Fsp3) is 0.182. The molecule has 1 aromatic heterocycles. The summed E-state index contributed by atoms with van der Waals surface area (Å²) in [6.07, 6.45) is -1.30. The Kier molecular flexibility index (Phi) is 3.15. The molecule has 0 radical (unpaired) electrons. The molecule has 6 nitrogen and oxygen atoms in total. The average Bonchev–Trinajstić information content (AvgIpc) is 2.78. The number of rotatable bonds is 4. The standard InChI is InChI=1S/C11H11N3O3/c12-11(16)9(15)6-8-10(14-17-13-8)7-4-2-1-3-5-7/h1-5,9,15H,6H2,(H2,12,16). The SMILES string of the molecule is NC(=O)C(O)Cc1nonc1-c1ccccc1. The van der Waals surface area contributed by atoms with Crippen molar-refractivity contribution in [2.45, 2.75) is 12.5 Å². The highest BCUT2D eigenvalue weighted by Crippen LogP contribution is 2.20. The number of nitrogens with two attached hydrogens (primary N) is 1. The van der Waals surface area contributed by atoms with Crippen molar-refractivity contribution in [1.29, 1.82) is 0 Å². The molecular weight excluding hydrogens is 222 g/mol. The molecule has 1 atom stereocenters. The molecule has 0 aliphatic rings. The highest BCUT2D eigenvalue weighted by Gasteiger charge is 2.19. The first-order chi connectivity index (χ1) is 8.18. The molecule has 0 saturated heterocycles. The van der Waals surface area contributed by atoms with E-state index < -0.39 is 12.0 Å². The van der Waals surface area contributed by atoms with Gasteiger partial charge in [0.15, 0.2) is 0 Å². The molecule has 0 spiro atoms. The summed E-state index contributed by atoms with van der Waals surface area (Å²) in [5, 5.41) is 16.8. The Balaban J connectivity index is 2.26. The number of hydrogen-bond acceptors (Lipinski definition) is 5. The van der Waals surface area contributed by atoms with Gasteiger partial charge in [-0.05, 0) is 5.16 Å². The van der Waals surface area contributed by atoms with Crippen molar-refractivity contribution in [2.75, 3.05) is 0 Å². The number of carbonyl (C=O) groups excluding carboxylic acids is 1. The summed E-state index contributed by atoms with van der Waals surface area (Å²) in [7, 11) is 0. The van der Waals surface area contributed by atoms with E-state index in [0.29, 0.717) is 11.4 Å². The van der Waals surface area contributed by atoms with Crippen LogP contribution < -0.4 is 5.73 Å². The van der Waals surface area contributed by atoms with Crippen molar-refractivity contribution in [2.24, 2.45) is 5.73 Å². The van der Waals surface area contributed by atoms with E-state index in [0.717, 1.165) is 5.56 Å². The molecule has 3 N–H and O–H groups in total. The monoisotopic (exact) mass is 233 g/mol. The quantitative estimate of drug-likeness (QED) is 0.781. The van der Waals surface area contributed by atoms with Gasteiger partial charge in [0.2, 0.25) is 5.91 Å². The predicted octanol–water partition coefficient (Wildman–Crippen LogP) is 0.125. The van der Waals surface area contributed by atoms with Crippen molar-refractivity contribution >= 4 is 5.91 Å². The third kappa shape index (κ3) is 2.48. The molecule has 0 aliphatic heterocycles. The van der Waals surface area contributed by atoms with Gasteiger partial charge in [-0.2, -0.15) is 0 Å². The lowest BCUT2D eigenvalue weighted by molar-refractivity contribution is -0.125. The van der Waals surface area contributed by atoms with Gasteiger partial charge < -0.3 is 10.8 Å². The van der Waals surface area contributed by atoms with E-state index in [1.54, 1.807) is 0 Å². The lowest BCUT2D eigenvalue weighted by atomic mass is 10.1. The number of nitrogens with zero attached hydrogens (tertiary/aromatic N) is 2. The second-order valence-electron chi connectivity index (χ2n) is 3.55. The summed E-state index contributed by atoms with van der Waals surface area (Å²) < 4.78 is 4.62. The minimum Gasteiger partial charge on any atom is -0.383 e.